The smallest absolute Gasteiger partial charge is 0.317 e. The Morgan fingerprint density at radius 1 is 1.65 bits per heavy atom. The first kappa shape index (κ1) is 14.3. The zero-order valence-corrected chi connectivity index (χ0v) is 11.8. The second kappa shape index (κ2) is 6.37. The van der Waals surface area contributed by atoms with Crippen molar-refractivity contribution in [3.8, 4) is 6.07 Å². The summed E-state index contributed by atoms with van der Waals surface area (Å²) >= 11 is 0. The molecule has 1 aromatic heterocycles. The summed E-state index contributed by atoms with van der Waals surface area (Å²) in [6, 6.07) is 2.03. The Hall–Kier alpha value is -2.10. The summed E-state index contributed by atoms with van der Waals surface area (Å²) in [5.41, 5.74) is 0. The van der Waals surface area contributed by atoms with Crippen molar-refractivity contribution in [2.75, 3.05) is 13.1 Å². The van der Waals surface area contributed by atoms with E-state index >= 15 is 0 Å². The van der Waals surface area contributed by atoms with Gasteiger partial charge in [0.1, 0.15) is 0 Å². The Balaban J connectivity index is 1.84. The predicted octanol–water partition coefficient (Wildman–Crippen LogP) is 1.64. The molecule has 1 fully saturated rings. The lowest BCUT2D eigenvalue weighted by molar-refractivity contribution is 0.174. The maximum absolute atomic E-state index is 12.0. The van der Waals surface area contributed by atoms with Crippen molar-refractivity contribution in [3.63, 3.8) is 0 Å². The van der Waals surface area contributed by atoms with Crippen molar-refractivity contribution >= 4 is 6.03 Å². The van der Waals surface area contributed by atoms with Gasteiger partial charge < -0.3 is 14.7 Å². The van der Waals surface area contributed by atoms with Crippen molar-refractivity contribution < 1.29 is 9.32 Å². The molecule has 2 amide bonds. The van der Waals surface area contributed by atoms with Crippen LogP contribution in [0.4, 0.5) is 4.79 Å². The first-order chi connectivity index (χ1) is 9.60. The summed E-state index contributed by atoms with van der Waals surface area (Å²) in [5.74, 6) is 1.17. The number of hydrogen-bond acceptors (Lipinski definition) is 5. The molecule has 1 aliphatic rings. The molecule has 0 saturated carbocycles. The van der Waals surface area contributed by atoms with E-state index in [9.17, 15) is 4.79 Å². The summed E-state index contributed by atoms with van der Waals surface area (Å²) in [6.45, 7) is 5.34. The van der Waals surface area contributed by atoms with Crippen LogP contribution < -0.4 is 5.32 Å². The van der Waals surface area contributed by atoms with Gasteiger partial charge in [0.15, 0.2) is 5.82 Å². The molecule has 1 N–H and O–H groups in total. The fraction of sp³-hybridized carbons (Fsp3) is 0.692. The number of nitriles is 1. The summed E-state index contributed by atoms with van der Waals surface area (Å²) in [5, 5.41) is 15.5. The molecule has 7 heteroatoms. The number of hydrogen-bond donors (Lipinski definition) is 1. The first-order valence-corrected chi connectivity index (χ1v) is 6.85. The minimum Gasteiger partial charge on any atom is -0.337 e. The van der Waals surface area contributed by atoms with Crippen LogP contribution in [-0.4, -0.2) is 34.2 Å². The molecule has 1 saturated heterocycles. The largest absolute Gasteiger partial charge is 0.337 e. The highest BCUT2D eigenvalue weighted by Gasteiger charge is 2.23. The standard InChI is InChI=1S/C13H19N5O2/c1-9(2)12-16-11(20-17-12)7-15-13(19)18-5-3-4-10(6-14)8-18/h9-10H,3-5,7-8H2,1-2H3,(H,15,19)/t10-/m1/s1. The number of urea groups is 1. The summed E-state index contributed by atoms with van der Waals surface area (Å²) in [4.78, 5) is 17.8. The Morgan fingerprint density at radius 2 is 2.45 bits per heavy atom. The monoisotopic (exact) mass is 277 g/mol. The predicted molar refractivity (Wildman–Crippen MR) is 70.5 cm³/mol. The number of nitrogens with zero attached hydrogens (tertiary/aromatic N) is 4. The molecule has 1 atom stereocenters. The minimum absolute atomic E-state index is 0.0644. The molecule has 0 bridgehead atoms. The van der Waals surface area contributed by atoms with E-state index in [1.54, 1.807) is 4.90 Å². The van der Waals surface area contributed by atoms with Crippen molar-refractivity contribution in [3.05, 3.63) is 11.7 Å². The fourth-order valence-corrected chi connectivity index (χ4v) is 2.10. The van der Waals surface area contributed by atoms with E-state index in [1.165, 1.54) is 0 Å². The average Bonchev–Trinajstić information content (AvgIpc) is 2.94. The number of carbonyl (C=O) groups is 1. The maximum atomic E-state index is 12.0. The van der Waals surface area contributed by atoms with E-state index in [1.807, 2.05) is 13.8 Å². The number of aromatic nitrogens is 2. The van der Waals surface area contributed by atoms with E-state index in [-0.39, 0.29) is 24.4 Å². The van der Waals surface area contributed by atoms with Crippen molar-refractivity contribution in [1.82, 2.24) is 20.4 Å². The van der Waals surface area contributed by atoms with Gasteiger partial charge in [-0.15, -0.1) is 0 Å². The summed E-state index contributed by atoms with van der Waals surface area (Å²) < 4.78 is 5.06. The topological polar surface area (TPSA) is 95.0 Å². The van der Waals surface area contributed by atoms with Crippen molar-refractivity contribution in [2.24, 2.45) is 5.92 Å². The van der Waals surface area contributed by atoms with E-state index in [0.717, 1.165) is 12.8 Å². The number of nitrogens with one attached hydrogen (secondary N) is 1. The highest BCUT2D eigenvalue weighted by molar-refractivity contribution is 5.74. The molecular formula is C13H19N5O2. The molecule has 20 heavy (non-hydrogen) atoms. The van der Waals surface area contributed by atoms with Crippen LogP contribution in [0, 0.1) is 17.2 Å². The third kappa shape index (κ3) is 3.47. The van der Waals surface area contributed by atoms with Gasteiger partial charge in [0, 0.05) is 19.0 Å². The van der Waals surface area contributed by atoms with Gasteiger partial charge in [-0.1, -0.05) is 19.0 Å². The van der Waals surface area contributed by atoms with Crippen LogP contribution in [0.3, 0.4) is 0 Å². The zero-order chi connectivity index (χ0) is 14.5. The summed E-state index contributed by atoms with van der Waals surface area (Å²) in [7, 11) is 0. The lowest BCUT2D eigenvalue weighted by Gasteiger charge is -2.29. The molecule has 0 unspecified atom stereocenters. The highest BCUT2D eigenvalue weighted by Crippen LogP contribution is 2.15. The molecular weight excluding hydrogens is 258 g/mol. The van der Waals surface area contributed by atoms with Crippen molar-refractivity contribution in [2.45, 2.75) is 39.2 Å². The highest BCUT2D eigenvalue weighted by atomic mass is 16.5. The number of piperidine rings is 1. The molecule has 108 valence electrons. The van der Waals surface area contributed by atoms with E-state index in [0.29, 0.717) is 24.8 Å². The molecule has 0 aromatic carbocycles. The lowest BCUT2D eigenvalue weighted by atomic mass is 10.0. The van der Waals surface area contributed by atoms with Gasteiger partial charge >= 0.3 is 6.03 Å². The number of carbonyl (C=O) groups excluding carboxylic acids is 1. The number of likely N-dealkylation sites (tertiary alicyclic amines) is 1. The van der Waals surface area contributed by atoms with Crippen LogP contribution in [0.2, 0.25) is 0 Å². The Labute approximate surface area is 117 Å². The van der Waals surface area contributed by atoms with Crippen LogP contribution in [0.5, 0.6) is 0 Å². The third-order valence-corrected chi connectivity index (χ3v) is 3.28. The Kier molecular flexibility index (Phi) is 4.56. The van der Waals surface area contributed by atoms with Gasteiger partial charge in [0.05, 0.1) is 18.5 Å². The molecule has 0 aliphatic carbocycles. The number of amides is 2. The SMILES string of the molecule is CC(C)c1noc(CNC(=O)N2CCC[C@H](C#N)C2)n1. The molecule has 0 radical (unpaired) electrons. The second-order valence-electron chi connectivity index (χ2n) is 5.27. The van der Waals surface area contributed by atoms with E-state index in [4.69, 9.17) is 9.78 Å². The van der Waals surface area contributed by atoms with Gasteiger partial charge in [-0.25, -0.2) is 4.79 Å². The van der Waals surface area contributed by atoms with Gasteiger partial charge in [-0.2, -0.15) is 10.2 Å². The van der Waals surface area contributed by atoms with Crippen LogP contribution in [-0.2, 0) is 6.54 Å². The molecule has 1 aliphatic heterocycles. The van der Waals surface area contributed by atoms with Crippen molar-refractivity contribution in [1.29, 1.82) is 5.26 Å². The molecule has 1 aromatic rings. The first-order valence-electron chi connectivity index (χ1n) is 6.85. The maximum Gasteiger partial charge on any atom is 0.317 e. The van der Waals surface area contributed by atoms with Gasteiger partial charge in [-0.05, 0) is 12.8 Å². The zero-order valence-electron chi connectivity index (χ0n) is 11.8. The van der Waals surface area contributed by atoms with Crippen LogP contribution in [0.25, 0.3) is 0 Å². The molecule has 7 nitrogen and oxygen atoms in total. The lowest BCUT2D eigenvalue weighted by Crippen LogP contribution is -2.45. The van der Waals surface area contributed by atoms with Crippen LogP contribution in [0.1, 0.15) is 44.3 Å². The number of rotatable bonds is 3. The second-order valence-corrected chi connectivity index (χ2v) is 5.27. The molecule has 0 spiro atoms. The van der Waals surface area contributed by atoms with Crippen LogP contribution >= 0.6 is 0 Å². The minimum atomic E-state index is -0.186. The van der Waals surface area contributed by atoms with Gasteiger partial charge in [0.25, 0.3) is 0 Å². The quantitative estimate of drug-likeness (QED) is 0.906. The fourth-order valence-electron chi connectivity index (χ4n) is 2.10. The average molecular weight is 277 g/mol. The molecule has 2 heterocycles. The Bertz CT molecular complexity index is 505. The summed E-state index contributed by atoms with van der Waals surface area (Å²) in [6.07, 6.45) is 1.73. The molecule has 2 rings (SSSR count). The normalized spacial score (nSPS) is 18.9. The van der Waals surface area contributed by atoms with E-state index in [2.05, 4.69) is 21.5 Å². The van der Waals surface area contributed by atoms with Crippen LogP contribution in [0.15, 0.2) is 4.52 Å². The van der Waals surface area contributed by atoms with Gasteiger partial charge in [0.2, 0.25) is 5.89 Å². The third-order valence-electron chi connectivity index (χ3n) is 3.28. The van der Waals surface area contributed by atoms with Gasteiger partial charge in [-0.3, -0.25) is 0 Å². The van der Waals surface area contributed by atoms with E-state index < -0.39 is 0 Å². The Morgan fingerprint density at radius 3 is 3.10 bits per heavy atom.